The minimum absolute atomic E-state index is 0.147. The second-order valence-corrected chi connectivity index (χ2v) is 6.07. The minimum atomic E-state index is -0.791. The van der Waals surface area contributed by atoms with Crippen LogP contribution in [-0.2, 0) is 11.3 Å². The lowest BCUT2D eigenvalue weighted by molar-refractivity contribution is 0.0474. The van der Waals surface area contributed by atoms with Gasteiger partial charge in [0.05, 0.1) is 6.61 Å². The Morgan fingerprint density at radius 2 is 1.71 bits per heavy atom. The van der Waals surface area contributed by atoms with Crippen molar-refractivity contribution in [3.8, 4) is 11.4 Å². The third-order valence-corrected chi connectivity index (χ3v) is 4.20. The Bertz CT molecular complexity index is 1180. The van der Waals surface area contributed by atoms with Gasteiger partial charge in [-0.15, -0.1) is 0 Å². The molecule has 0 amide bonds. The van der Waals surface area contributed by atoms with Crippen molar-refractivity contribution >= 4 is 17.1 Å². The van der Waals surface area contributed by atoms with E-state index in [2.05, 4.69) is 9.97 Å². The molecule has 0 bridgehead atoms. The Balaban J connectivity index is 1.93. The van der Waals surface area contributed by atoms with E-state index < -0.39 is 17.5 Å². The molecule has 28 heavy (non-hydrogen) atoms. The van der Waals surface area contributed by atoms with Crippen molar-refractivity contribution in [3.05, 3.63) is 82.5 Å². The number of benzene rings is 2. The predicted octanol–water partition coefficient (Wildman–Crippen LogP) is 3.28. The first-order chi connectivity index (χ1) is 13.7. The van der Waals surface area contributed by atoms with Gasteiger partial charge < -0.3 is 13.7 Å². The molecular weight excluding hydrogens is 358 g/mol. The van der Waals surface area contributed by atoms with E-state index in [0.717, 1.165) is 11.1 Å². The third kappa shape index (κ3) is 3.29. The van der Waals surface area contributed by atoms with E-state index in [4.69, 9.17) is 9.15 Å². The quantitative estimate of drug-likeness (QED) is 0.498. The fraction of sp³-hybridized carbons (Fsp3) is 0.143. The highest BCUT2D eigenvalue weighted by atomic mass is 16.5. The Hall–Kier alpha value is -3.74. The molecule has 0 fully saturated rings. The van der Waals surface area contributed by atoms with Gasteiger partial charge in [0, 0.05) is 12.1 Å². The number of aromatic nitrogens is 3. The van der Waals surface area contributed by atoms with Gasteiger partial charge in [-0.25, -0.2) is 14.6 Å². The maximum atomic E-state index is 12.7. The second kappa shape index (κ2) is 7.48. The van der Waals surface area contributed by atoms with Crippen LogP contribution in [0, 0.1) is 0 Å². The minimum Gasteiger partial charge on any atom is -0.459 e. The van der Waals surface area contributed by atoms with Crippen molar-refractivity contribution in [2.24, 2.45) is 0 Å². The molecule has 0 saturated heterocycles. The second-order valence-electron chi connectivity index (χ2n) is 6.07. The van der Waals surface area contributed by atoms with E-state index in [1.54, 1.807) is 11.5 Å². The van der Waals surface area contributed by atoms with Crippen molar-refractivity contribution in [3.63, 3.8) is 0 Å². The molecule has 0 unspecified atom stereocenters. The van der Waals surface area contributed by atoms with Crippen LogP contribution >= 0.6 is 0 Å². The number of fused-ring (bicyclic) bond motifs is 1. The van der Waals surface area contributed by atoms with Crippen LogP contribution < -0.4 is 5.63 Å². The highest BCUT2D eigenvalue weighted by molar-refractivity contribution is 5.86. The summed E-state index contributed by atoms with van der Waals surface area (Å²) in [6.45, 7) is 2.23. The monoisotopic (exact) mass is 375 g/mol. The Kier molecular flexibility index (Phi) is 4.72. The Labute approximate surface area is 160 Å². The van der Waals surface area contributed by atoms with Crippen LogP contribution in [0.3, 0.4) is 0 Å². The first-order valence-corrected chi connectivity index (χ1v) is 8.85. The van der Waals surface area contributed by atoms with Crippen molar-refractivity contribution < 1.29 is 13.9 Å². The zero-order chi connectivity index (χ0) is 19.5. The molecule has 0 spiro atoms. The van der Waals surface area contributed by atoms with Gasteiger partial charge in [-0.3, -0.25) is 0 Å². The van der Waals surface area contributed by atoms with Gasteiger partial charge in [-0.05, 0) is 12.5 Å². The van der Waals surface area contributed by atoms with Crippen molar-refractivity contribution in [1.29, 1.82) is 0 Å². The molecule has 140 valence electrons. The summed E-state index contributed by atoms with van der Waals surface area (Å²) in [5.74, 6) is -0.621. The molecule has 0 aliphatic carbocycles. The average Bonchev–Trinajstić information content (AvgIpc) is 3.08. The van der Waals surface area contributed by atoms with E-state index in [-0.39, 0.29) is 17.8 Å². The van der Waals surface area contributed by atoms with Gasteiger partial charge in [0.1, 0.15) is 5.82 Å². The summed E-state index contributed by atoms with van der Waals surface area (Å²) < 4.78 is 11.8. The summed E-state index contributed by atoms with van der Waals surface area (Å²) in [7, 11) is 0. The summed E-state index contributed by atoms with van der Waals surface area (Å²) in [5.41, 5.74) is 1.49. The normalized spacial score (nSPS) is 10.9. The van der Waals surface area contributed by atoms with Gasteiger partial charge in [0.25, 0.3) is 0 Å². The van der Waals surface area contributed by atoms with E-state index in [1.165, 1.54) is 0 Å². The fourth-order valence-electron chi connectivity index (χ4n) is 2.98. The molecule has 2 aromatic carbocycles. The van der Waals surface area contributed by atoms with Crippen LogP contribution in [0.4, 0.5) is 0 Å². The smallest absolute Gasteiger partial charge is 0.394 e. The Morgan fingerprint density at radius 3 is 2.39 bits per heavy atom. The van der Waals surface area contributed by atoms with Gasteiger partial charge in [-0.2, -0.15) is 4.98 Å². The summed E-state index contributed by atoms with van der Waals surface area (Å²) in [5, 5.41) is 0. The molecule has 0 atom stereocenters. The maximum absolute atomic E-state index is 12.7. The molecule has 0 radical (unpaired) electrons. The third-order valence-electron chi connectivity index (χ3n) is 4.20. The largest absolute Gasteiger partial charge is 0.459 e. The van der Waals surface area contributed by atoms with E-state index in [1.807, 2.05) is 60.7 Å². The maximum Gasteiger partial charge on any atom is 0.394 e. The summed E-state index contributed by atoms with van der Waals surface area (Å²) >= 11 is 0. The molecule has 4 aromatic rings. The van der Waals surface area contributed by atoms with E-state index in [9.17, 15) is 9.59 Å². The molecule has 0 N–H and O–H groups in total. The van der Waals surface area contributed by atoms with Crippen molar-refractivity contribution in [2.45, 2.75) is 13.5 Å². The lowest BCUT2D eigenvalue weighted by Crippen LogP contribution is -2.15. The molecule has 0 saturated carbocycles. The summed E-state index contributed by atoms with van der Waals surface area (Å²) in [6, 6.07) is 19.2. The number of hydrogen-bond donors (Lipinski definition) is 0. The zero-order valence-corrected chi connectivity index (χ0v) is 15.2. The predicted molar refractivity (Wildman–Crippen MR) is 103 cm³/mol. The zero-order valence-electron chi connectivity index (χ0n) is 15.2. The molecule has 0 aliphatic heterocycles. The molecule has 7 heteroatoms. The molecule has 7 nitrogen and oxygen atoms in total. The van der Waals surface area contributed by atoms with E-state index >= 15 is 0 Å². The number of carbonyl (C=O) groups is 1. The van der Waals surface area contributed by atoms with Gasteiger partial charge in [0.2, 0.25) is 0 Å². The van der Waals surface area contributed by atoms with Gasteiger partial charge in [-0.1, -0.05) is 60.7 Å². The SMILES string of the molecule is CCOC(=O)c1nc2nc(-c3ccccc3)n(Cc3ccccc3)c2c(=O)o1. The van der Waals surface area contributed by atoms with E-state index in [0.29, 0.717) is 12.4 Å². The number of esters is 1. The molecule has 4 rings (SSSR count). The van der Waals surface area contributed by atoms with Crippen LogP contribution in [0.2, 0.25) is 0 Å². The molecule has 2 aromatic heterocycles. The topological polar surface area (TPSA) is 87.2 Å². The van der Waals surface area contributed by atoms with Crippen molar-refractivity contribution in [2.75, 3.05) is 6.61 Å². The van der Waals surface area contributed by atoms with Gasteiger partial charge >= 0.3 is 17.5 Å². The van der Waals surface area contributed by atoms with Gasteiger partial charge in [0.15, 0.2) is 11.2 Å². The molecule has 0 aliphatic rings. The fourth-order valence-corrected chi connectivity index (χ4v) is 2.98. The molecular formula is C21H17N3O4. The number of nitrogens with zero attached hydrogens (tertiary/aromatic N) is 3. The number of carbonyl (C=O) groups excluding carboxylic acids is 1. The average molecular weight is 375 g/mol. The Morgan fingerprint density at radius 1 is 1.04 bits per heavy atom. The summed E-state index contributed by atoms with van der Waals surface area (Å²) in [4.78, 5) is 33.3. The lowest BCUT2D eigenvalue weighted by atomic mass is 10.2. The highest BCUT2D eigenvalue weighted by Gasteiger charge is 2.22. The number of ether oxygens (including phenoxy) is 1. The van der Waals surface area contributed by atoms with Crippen LogP contribution in [0.15, 0.2) is 69.9 Å². The lowest BCUT2D eigenvalue weighted by Gasteiger charge is -2.08. The first-order valence-electron chi connectivity index (χ1n) is 8.85. The highest BCUT2D eigenvalue weighted by Crippen LogP contribution is 2.23. The van der Waals surface area contributed by atoms with Crippen molar-refractivity contribution in [1.82, 2.24) is 14.5 Å². The van der Waals surface area contributed by atoms with Crippen LogP contribution in [-0.4, -0.2) is 27.1 Å². The van der Waals surface area contributed by atoms with Crippen LogP contribution in [0.5, 0.6) is 0 Å². The number of hydrogen-bond acceptors (Lipinski definition) is 6. The molecule has 2 heterocycles. The number of imidazole rings is 1. The first kappa shape index (κ1) is 17.7. The number of rotatable bonds is 5. The van der Waals surface area contributed by atoms with Crippen LogP contribution in [0.25, 0.3) is 22.6 Å². The summed E-state index contributed by atoms with van der Waals surface area (Å²) in [6.07, 6.45) is 0. The van der Waals surface area contributed by atoms with Crippen LogP contribution in [0.1, 0.15) is 23.2 Å². The standard InChI is InChI=1S/C21H17N3O4/c1-2-27-21(26)19-23-17-16(20(25)28-19)24(13-14-9-5-3-6-10-14)18(22-17)15-11-7-4-8-12-15/h3-12H,2,13H2,1H3.